The highest BCUT2D eigenvalue weighted by Crippen LogP contribution is 2.26. The summed E-state index contributed by atoms with van der Waals surface area (Å²) in [5.74, 6) is -0.299. The number of carbonyl (C=O) groups excluding carboxylic acids is 1. The molecule has 1 aromatic carbocycles. The van der Waals surface area contributed by atoms with Crippen LogP contribution in [0.15, 0.2) is 29.7 Å². The molecule has 21 heavy (non-hydrogen) atoms. The van der Waals surface area contributed by atoms with Crippen molar-refractivity contribution in [3.63, 3.8) is 0 Å². The summed E-state index contributed by atoms with van der Waals surface area (Å²) in [5.41, 5.74) is 2.98. The van der Waals surface area contributed by atoms with Crippen molar-refractivity contribution in [3.8, 4) is 0 Å². The second-order valence-electron chi connectivity index (χ2n) is 5.86. The van der Waals surface area contributed by atoms with Crippen molar-refractivity contribution < 1.29 is 13.2 Å². The van der Waals surface area contributed by atoms with Gasteiger partial charge in [-0.2, -0.15) is 0 Å². The van der Waals surface area contributed by atoms with Gasteiger partial charge in [0.05, 0.1) is 11.8 Å². The predicted molar refractivity (Wildman–Crippen MR) is 85.0 cm³/mol. The average Bonchev–Trinajstić information content (AvgIpc) is 2.74. The molecule has 1 aliphatic heterocycles. The summed E-state index contributed by atoms with van der Waals surface area (Å²) in [5, 5.41) is 1.21. The van der Waals surface area contributed by atoms with Gasteiger partial charge in [-0.05, 0) is 43.2 Å². The van der Waals surface area contributed by atoms with Crippen LogP contribution in [0.1, 0.15) is 25.0 Å². The van der Waals surface area contributed by atoms with Gasteiger partial charge in [0.2, 0.25) is 5.91 Å². The van der Waals surface area contributed by atoms with E-state index in [1.807, 2.05) is 45.9 Å². The molecule has 1 aromatic rings. The van der Waals surface area contributed by atoms with E-state index in [1.165, 1.54) is 5.41 Å². The Morgan fingerprint density at radius 1 is 1.24 bits per heavy atom. The van der Waals surface area contributed by atoms with Crippen molar-refractivity contribution in [2.45, 2.75) is 33.7 Å². The lowest BCUT2D eigenvalue weighted by Crippen LogP contribution is -2.43. The van der Waals surface area contributed by atoms with E-state index in [-0.39, 0.29) is 17.6 Å². The average molecular weight is 307 g/mol. The Balaban J connectivity index is 2.44. The lowest BCUT2D eigenvalue weighted by atomic mass is 10.1. The van der Waals surface area contributed by atoms with Crippen LogP contribution in [0.3, 0.4) is 0 Å². The molecule has 0 bridgehead atoms. The van der Waals surface area contributed by atoms with E-state index in [9.17, 15) is 13.2 Å². The largest absolute Gasteiger partial charge is 0.304 e. The maximum Gasteiger partial charge on any atom is 0.230 e. The predicted octanol–water partition coefficient (Wildman–Crippen LogP) is 2.60. The van der Waals surface area contributed by atoms with Crippen molar-refractivity contribution in [3.05, 3.63) is 40.8 Å². The molecule has 0 N–H and O–H groups in total. The Bertz CT molecular complexity index is 689. The van der Waals surface area contributed by atoms with E-state index in [1.54, 1.807) is 11.0 Å². The fourth-order valence-corrected chi connectivity index (χ4v) is 3.62. The van der Waals surface area contributed by atoms with Crippen molar-refractivity contribution >= 4 is 21.4 Å². The summed E-state index contributed by atoms with van der Waals surface area (Å²) in [6.45, 7) is 7.64. The maximum absolute atomic E-state index is 12.5. The molecule has 1 heterocycles. The summed E-state index contributed by atoms with van der Waals surface area (Å²) in [6.07, 6.45) is 1.60. The molecule has 0 aliphatic carbocycles. The lowest BCUT2D eigenvalue weighted by molar-refractivity contribution is -0.121. The highest BCUT2D eigenvalue weighted by molar-refractivity contribution is 7.94. The van der Waals surface area contributed by atoms with Gasteiger partial charge >= 0.3 is 0 Å². The van der Waals surface area contributed by atoms with Crippen LogP contribution < -0.4 is 4.90 Å². The minimum absolute atomic E-state index is 0.0433. The number of rotatable bonds is 3. The third-order valence-electron chi connectivity index (χ3n) is 3.74. The quantitative estimate of drug-likeness (QED) is 0.862. The number of carbonyl (C=O) groups is 1. The van der Waals surface area contributed by atoms with E-state index in [0.29, 0.717) is 0 Å². The number of hydrogen-bond donors (Lipinski definition) is 0. The molecule has 1 aliphatic rings. The molecule has 0 saturated carbocycles. The standard InChI is InChI=1S/C16H21NO3S/c1-11(2)16(18)17(15-7-8-21(19,20)10-15)14-6-5-12(3)13(4)9-14/h5-9,11,15H,10H2,1-4H3/t15-/m0/s1. The number of aryl methyl sites for hydroxylation is 2. The van der Waals surface area contributed by atoms with E-state index in [2.05, 4.69) is 0 Å². The Morgan fingerprint density at radius 2 is 1.90 bits per heavy atom. The van der Waals surface area contributed by atoms with Crippen LogP contribution in [0.2, 0.25) is 0 Å². The highest BCUT2D eigenvalue weighted by atomic mass is 32.2. The number of hydrogen-bond acceptors (Lipinski definition) is 3. The first-order valence-electron chi connectivity index (χ1n) is 7.02. The maximum atomic E-state index is 12.5. The number of nitrogens with zero attached hydrogens (tertiary/aromatic N) is 1. The molecule has 0 unspecified atom stereocenters. The van der Waals surface area contributed by atoms with E-state index >= 15 is 0 Å². The molecular formula is C16H21NO3S. The van der Waals surface area contributed by atoms with Crippen LogP contribution in [0.5, 0.6) is 0 Å². The first-order valence-corrected chi connectivity index (χ1v) is 8.74. The van der Waals surface area contributed by atoms with Crippen molar-refractivity contribution in [2.75, 3.05) is 10.7 Å². The lowest BCUT2D eigenvalue weighted by Gasteiger charge is -2.29. The van der Waals surface area contributed by atoms with Crippen LogP contribution in [0, 0.1) is 19.8 Å². The molecule has 4 nitrogen and oxygen atoms in total. The summed E-state index contributed by atoms with van der Waals surface area (Å²) >= 11 is 0. The van der Waals surface area contributed by atoms with Crippen LogP contribution in [0.25, 0.3) is 0 Å². The van der Waals surface area contributed by atoms with Gasteiger partial charge in [-0.1, -0.05) is 19.9 Å². The molecule has 5 heteroatoms. The molecule has 1 atom stereocenters. The number of amides is 1. The normalized spacial score (nSPS) is 20.0. The Hall–Kier alpha value is -1.62. The fourth-order valence-electron chi connectivity index (χ4n) is 2.36. The molecule has 0 aromatic heterocycles. The van der Waals surface area contributed by atoms with Gasteiger partial charge < -0.3 is 4.90 Å². The highest BCUT2D eigenvalue weighted by Gasteiger charge is 2.32. The Kier molecular flexibility index (Phi) is 4.23. The van der Waals surface area contributed by atoms with Gasteiger partial charge in [-0.3, -0.25) is 4.79 Å². The molecule has 1 amide bonds. The van der Waals surface area contributed by atoms with Crippen LogP contribution in [-0.2, 0) is 14.6 Å². The van der Waals surface area contributed by atoms with Crippen molar-refractivity contribution in [1.82, 2.24) is 0 Å². The third-order valence-corrected chi connectivity index (χ3v) is 5.12. The van der Waals surface area contributed by atoms with Gasteiger partial charge in [0.25, 0.3) is 0 Å². The fraction of sp³-hybridized carbons (Fsp3) is 0.438. The number of benzene rings is 1. The molecular weight excluding hydrogens is 286 g/mol. The SMILES string of the molecule is Cc1ccc(N(C(=O)C(C)C)[C@H]2C=CS(=O)(=O)C2)cc1C. The zero-order valence-corrected chi connectivity index (χ0v) is 13.6. The summed E-state index contributed by atoms with van der Waals surface area (Å²) in [7, 11) is -3.20. The first kappa shape index (κ1) is 15.8. The van der Waals surface area contributed by atoms with Crippen molar-refractivity contribution in [1.29, 1.82) is 0 Å². The molecule has 0 saturated heterocycles. The van der Waals surface area contributed by atoms with Gasteiger partial charge in [0, 0.05) is 17.0 Å². The second kappa shape index (κ2) is 5.64. The van der Waals surface area contributed by atoms with Gasteiger partial charge in [-0.25, -0.2) is 8.42 Å². The number of anilines is 1. The van der Waals surface area contributed by atoms with Gasteiger partial charge in [-0.15, -0.1) is 0 Å². The van der Waals surface area contributed by atoms with Crippen LogP contribution in [0.4, 0.5) is 5.69 Å². The van der Waals surface area contributed by atoms with Crippen LogP contribution in [-0.4, -0.2) is 26.1 Å². The molecule has 0 fully saturated rings. The summed E-state index contributed by atoms with van der Waals surface area (Å²) in [4.78, 5) is 14.1. The molecule has 0 radical (unpaired) electrons. The minimum Gasteiger partial charge on any atom is -0.304 e. The first-order chi connectivity index (χ1) is 9.71. The Morgan fingerprint density at radius 3 is 2.38 bits per heavy atom. The van der Waals surface area contributed by atoms with Gasteiger partial charge in [0.15, 0.2) is 9.84 Å². The topological polar surface area (TPSA) is 54.5 Å². The molecule has 2 rings (SSSR count). The second-order valence-corrected chi connectivity index (χ2v) is 7.79. The smallest absolute Gasteiger partial charge is 0.230 e. The molecule has 0 spiro atoms. The summed E-state index contributed by atoms with van der Waals surface area (Å²) in [6, 6.07) is 5.35. The monoisotopic (exact) mass is 307 g/mol. The van der Waals surface area contributed by atoms with Crippen LogP contribution >= 0.6 is 0 Å². The van der Waals surface area contributed by atoms with E-state index in [4.69, 9.17) is 0 Å². The van der Waals surface area contributed by atoms with E-state index < -0.39 is 15.9 Å². The third kappa shape index (κ3) is 3.35. The van der Waals surface area contributed by atoms with Crippen molar-refractivity contribution in [2.24, 2.45) is 5.92 Å². The zero-order valence-electron chi connectivity index (χ0n) is 12.8. The van der Waals surface area contributed by atoms with E-state index in [0.717, 1.165) is 16.8 Å². The zero-order chi connectivity index (χ0) is 15.8. The van der Waals surface area contributed by atoms with Gasteiger partial charge in [0.1, 0.15) is 0 Å². The Labute approximate surface area is 126 Å². The molecule has 114 valence electrons. The number of sulfone groups is 1. The summed E-state index contributed by atoms with van der Waals surface area (Å²) < 4.78 is 23.3. The minimum atomic E-state index is -3.20.